The van der Waals surface area contributed by atoms with Gasteiger partial charge in [-0.2, -0.15) is 0 Å². The Morgan fingerprint density at radius 1 is 1.75 bits per heavy atom. The Hall–Kier alpha value is -1.26. The van der Waals surface area contributed by atoms with Gasteiger partial charge in [-0.25, -0.2) is 0 Å². The van der Waals surface area contributed by atoms with Crippen LogP contribution in [0.3, 0.4) is 0 Å². The van der Waals surface area contributed by atoms with Crippen molar-refractivity contribution < 1.29 is 14.7 Å². The molecule has 5 nitrogen and oxygen atoms in total. The van der Waals surface area contributed by atoms with E-state index >= 15 is 0 Å². The van der Waals surface area contributed by atoms with Crippen LogP contribution in [-0.2, 0) is 9.53 Å². The number of carbonyl (C=O) groups excluding carboxylic acids is 1. The van der Waals surface area contributed by atoms with Crippen LogP contribution in [0.4, 0.5) is 0 Å². The Balaban J connectivity index is 2.37. The molecular formula is C7H12N2O3. The number of ether oxygens (including phenoxy) is 1. The van der Waals surface area contributed by atoms with Crippen molar-refractivity contribution in [2.24, 2.45) is 22.7 Å². The molecule has 0 spiro atoms. The van der Waals surface area contributed by atoms with Crippen molar-refractivity contribution in [2.45, 2.75) is 13.3 Å². The van der Waals surface area contributed by atoms with Crippen molar-refractivity contribution in [2.75, 3.05) is 6.61 Å². The van der Waals surface area contributed by atoms with Crippen molar-refractivity contribution in [3.8, 4) is 0 Å². The van der Waals surface area contributed by atoms with Gasteiger partial charge in [0.15, 0.2) is 0 Å². The van der Waals surface area contributed by atoms with Crippen molar-refractivity contribution in [3.05, 3.63) is 0 Å². The largest absolute Gasteiger partial charge is 0.466 e. The molecule has 0 aromatic heterocycles. The summed E-state index contributed by atoms with van der Waals surface area (Å²) >= 11 is 0. The molecule has 0 amide bonds. The summed E-state index contributed by atoms with van der Waals surface area (Å²) in [5.74, 6) is -0.447. The van der Waals surface area contributed by atoms with Crippen LogP contribution in [0, 0.1) is 11.8 Å². The zero-order valence-electron chi connectivity index (χ0n) is 6.86. The molecule has 1 rings (SSSR count). The fraction of sp³-hybridized carbons (Fsp3) is 0.714. The maximum Gasteiger partial charge on any atom is 0.309 e. The molecule has 68 valence electrons. The summed E-state index contributed by atoms with van der Waals surface area (Å²) in [6, 6.07) is 0. The van der Waals surface area contributed by atoms with Crippen LogP contribution in [-0.4, -0.2) is 23.6 Å². The zero-order chi connectivity index (χ0) is 9.14. The molecule has 0 heterocycles. The molecule has 3 N–H and O–H groups in total. The average molecular weight is 172 g/mol. The number of hydrogen-bond acceptors (Lipinski definition) is 4. The van der Waals surface area contributed by atoms with Crippen molar-refractivity contribution in [1.29, 1.82) is 0 Å². The monoisotopic (exact) mass is 172 g/mol. The molecule has 0 saturated heterocycles. The van der Waals surface area contributed by atoms with Gasteiger partial charge >= 0.3 is 5.97 Å². The summed E-state index contributed by atoms with van der Waals surface area (Å²) in [4.78, 5) is 11.0. The van der Waals surface area contributed by atoms with Gasteiger partial charge in [-0.05, 0) is 13.3 Å². The van der Waals surface area contributed by atoms with Gasteiger partial charge in [-0.3, -0.25) is 4.79 Å². The Labute approximate surface area is 70.2 Å². The first-order chi connectivity index (χ1) is 5.70. The molecule has 0 radical (unpaired) electrons. The summed E-state index contributed by atoms with van der Waals surface area (Å²) in [7, 11) is 0. The van der Waals surface area contributed by atoms with E-state index in [0.717, 1.165) is 0 Å². The fourth-order valence-electron chi connectivity index (χ4n) is 1.11. The maximum atomic E-state index is 11.0. The first-order valence-corrected chi connectivity index (χ1v) is 3.84. The molecule has 1 aliphatic carbocycles. The van der Waals surface area contributed by atoms with Crippen LogP contribution in [0.25, 0.3) is 0 Å². The van der Waals surface area contributed by atoms with Crippen LogP contribution in [0.1, 0.15) is 13.3 Å². The second-order valence-corrected chi connectivity index (χ2v) is 2.73. The van der Waals surface area contributed by atoms with E-state index in [9.17, 15) is 4.79 Å². The van der Waals surface area contributed by atoms with E-state index in [4.69, 9.17) is 15.7 Å². The first kappa shape index (κ1) is 8.83. The van der Waals surface area contributed by atoms with Crippen molar-refractivity contribution >= 4 is 11.8 Å². The van der Waals surface area contributed by atoms with E-state index in [1.54, 1.807) is 6.92 Å². The third-order valence-electron chi connectivity index (χ3n) is 1.88. The van der Waals surface area contributed by atoms with Gasteiger partial charge in [0.25, 0.3) is 0 Å². The Morgan fingerprint density at radius 3 is 2.92 bits per heavy atom. The quantitative estimate of drug-likeness (QED) is 0.205. The van der Waals surface area contributed by atoms with Gasteiger partial charge in [0.2, 0.25) is 0 Å². The normalized spacial score (nSPS) is 28.2. The number of amidine groups is 1. The molecule has 2 unspecified atom stereocenters. The second-order valence-electron chi connectivity index (χ2n) is 2.73. The summed E-state index contributed by atoms with van der Waals surface area (Å²) in [5.41, 5.74) is 5.29. The molecule has 0 bridgehead atoms. The van der Waals surface area contributed by atoms with E-state index in [1.807, 2.05) is 0 Å². The smallest absolute Gasteiger partial charge is 0.309 e. The topological polar surface area (TPSA) is 84.9 Å². The predicted molar refractivity (Wildman–Crippen MR) is 41.6 cm³/mol. The molecule has 1 fully saturated rings. The number of nitrogens with two attached hydrogens (primary N) is 1. The molecule has 12 heavy (non-hydrogen) atoms. The van der Waals surface area contributed by atoms with Crippen molar-refractivity contribution in [3.63, 3.8) is 0 Å². The lowest BCUT2D eigenvalue weighted by Gasteiger charge is -1.98. The van der Waals surface area contributed by atoms with E-state index < -0.39 is 0 Å². The second kappa shape index (κ2) is 3.42. The Kier molecular flexibility index (Phi) is 2.52. The molecule has 0 aromatic rings. The van der Waals surface area contributed by atoms with Crippen LogP contribution >= 0.6 is 0 Å². The highest BCUT2D eigenvalue weighted by Crippen LogP contribution is 2.39. The summed E-state index contributed by atoms with van der Waals surface area (Å²) in [5, 5.41) is 11.1. The van der Waals surface area contributed by atoms with Gasteiger partial charge in [-0.15, -0.1) is 0 Å². The molecule has 5 heteroatoms. The van der Waals surface area contributed by atoms with Crippen LogP contribution in [0.2, 0.25) is 0 Å². The Morgan fingerprint density at radius 2 is 2.42 bits per heavy atom. The lowest BCUT2D eigenvalue weighted by atomic mass is 10.3. The number of carbonyl (C=O) groups is 1. The van der Waals surface area contributed by atoms with E-state index in [1.165, 1.54) is 0 Å². The minimum Gasteiger partial charge on any atom is -0.466 e. The highest BCUT2D eigenvalue weighted by molar-refractivity contribution is 5.92. The lowest BCUT2D eigenvalue weighted by Crippen LogP contribution is -2.18. The van der Waals surface area contributed by atoms with Gasteiger partial charge in [0.1, 0.15) is 5.84 Å². The highest BCUT2D eigenvalue weighted by atomic mass is 16.5. The molecular weight excluding hydrogens is 160 g/mol. The van der Waals surface area contributed by atoms with Crippen LogP contribution < -0.4 is 5.73 Å². The summed E-state index contributed by atoms with van der Waals surface area (Å²) in [6.07, 6.45) is 0.634. The number of esters is 1. The standard InChI is InChI=1S/C7H12N2O3/c1-2-12-7(10)5-3-4(5)6(8)9-11/h4-5,11H,2-3H2,1H3,(H2,8,9). The van der Waals surface area contributed by atoms with Crippen molar-refractivity contribution in [1.82, 2.24) is 0 Å². The minimum atomic E-state index is -0.255. The zero-order valence-corrected chi connectivity index (χ0v) is 6.86. The molecule has 0 aromatic carbocycles. The molecule has 2 atom stereocenters. The number of nitrogens with zero attached hydrogens (tertiary/aromatic N) is 1. The number of hydrogen-bond donors (Lipinski definition) is 2. The molecule has 1 aliphatic rings. The van der Waals surface area contributed by atoms with Gasteiger partial charge in [0.05, 0.1) is 12.5 Å². The lowest BCUT2D eigenvalue weighted by molar-refractivity contribution is -0.144. The third kappa shape index (κ3) is 1.66. The van der Waals surface area contributed by atoms with E-state index in [2.05, 4.69) is 5.16 Å². The minimum absolute atomic E-state index is 0.117. The van der Waals surface area contributed by atoms with Gasteiger partial charge < -0.3 is 15.7 Å². The first-order valence-electron chi connectivity index (χ1n) is 3.84. The maximum absolute atomic E-state index is 11.0. The van der Waals surface area contributed by atoms with Crippen LogP contribution in [0.5, 0.6) is 0 Å². The van der Waals surface area contributed by atoms with E-state index in [-0.39, 0.29) is 23.6 Å². The Bertz CT molecular complexity index is 215. The average Bonchev–Trinajstić information content (AvgIpc) is 2.82. The number of rotatable bonds is 3. The highest BCUT2D eigenvalue weighted by Gasteiger charge is 2.47. The van der Waals surface area contributed by atoms with Gasteiger partial charge in [-0.1, -0.05) is 5.16 Å². The molecule has 1 saturated carbocycles. The predicted octanol–water partition coefficient (Wildman–Crippen LogP) is -0.0680. The van der Waals surface area contributed by atoms with Crippen LogP contribution in [0.15, 0.2) is 5.16 Å². The third-order valence-corrected chi connectivity index (χ3v) is 1.88. The summed E-state index contributed by atoms with van der Waals surface area (Å²) < 4.78 is 4.76. The van der Waals surface area contributed by atoms with Gasteiger partial charge in [0, 0.05) is 5.92 Å². The van der Waals surface area contributed by atoms with E-state index in [0.29, 0.717) is 13.0 Å². The SMILES string of the molecule is CCOC(=O)C1CC1C(N)=NO. The number of oxime groups is 1. The fourth-order valence-corrected chi connectivity index (χ4v) is 1.11. The summed E-state index contributed by atoms with van der Waals surface area (Å²) in [6.45, 7) is 2.12. The molecule has 0 aliphatic heterocycles.